The molecule has 1 aromatic carbocycles. The minimum absolute atomic E-state index is 0.191. The van der Waals surface area contributed by atoms with Crippen LogP contribution >= 0.6 is 0 Å². The van der Waals surface area contributed by atoms with Crippen LogP contribution in [0.1, 0.15) is 49.6 Å². The lowest BCUT2D eigenvalue weighted by atomic mass is 10.1. The number of unbranched alkanes of at least 4 members (excludes halogenated alkanes) is 1. The molecule has 1 aliphatic heterocycles. The van der Waals surface area contributed by atoms with Crippen molar-refractivity contribution in [2.75, 3.05) is 13.2 Å². The number of imide groups is 1. The first-order valence-electron chi connectivity index (χ1n) is 9.66. The zero-order chi connectivity index (χ0) is 21.1. The Balaban J connectivity index is 1.27. The number of pyridine rings is 1. The Hall–Kier alpha value is -3.81. The summed E-state index contributed by atoms with van der Waals surface area (Å²) < 4.78 is 6.92. The summed E-state index contributed by atoms with van der Waals surface area (Å²) in [5.41, 5.74) is 1.90. The SMILES string of the molecule is Cc1c(C(=O)OCCCCN2C(=O)c3ccccc3C2=O)cnn1-c1ccccn1. The Morgan fingerprint density at radius 3 is 2.37 bits per heavy atom. The van der Waals surface area contributed by atoms with Gasteiger partial charge < -0.3 is 4.74 Å². The number of nitrogens with zero attached hydrogens (tertiary/aromatic N) is 4. The summed E-state index contributed by atoms with van der Waals surface area (Å²) in [6.45, 7) is 2.26. The number of carbonyl (C=O) groups excluding carboxylic acids is 3. The molecule has 30 heavy (non-hydrogen) atoms. The number of amides is 2. The van der Waals surface area contributed by atoms with Crippen molar-refractivity contribution < 1.29 is 19.1 Å². The van der Waals surface area contributed by atoms with Crippen LogP contribution in [-0.2, 0) is 4.74 Å². The van der Waals surface area contributed by atoms with Crippen LogP contribution in [0.3, 0.4) is 0 Å². The Kier molecular flexibility index (Phi) is 5.38. The van der Waals surface area contributed by atoms with E-state index in [1.165, 1.54) is 11.1 Å². The number of benzene rings is 1. The average Bonchev–Trinajstić information content (AvgIpc) is 3.27. The monoisotopic (exact) mass is 404 g/mol. The number of aromatic nitrogens is 3. The zero-order valence-corrected chi connectivity index (χ0v) is 16.4. The molecule has 0 saturated carbocycles. The van der Waals surface area contributed by atoms with Crippen molar-refractivity contribution in [3.05, 3.63) is 77.2 Å². The molecule has 0 unspecified atom stereocenters. The van der Waals surface area contributed by atoms with Gasteiger partial charge in [0.1, 0.15) is 5.56 Å². The van der Waals surface area contributed by atoms with E-state index < -0.39 is 5.97 Å². The molecule has 3 heterocycles. The van der Waals surface area contributed by atoms with Gasteiger partial charge in [-0.3, -0.25) is 14.5 Å². The lowest BCUT2D eigenvalue weighted by Crippen LogP contribution is -2.30. The molecular formula is C22H20N4O4. The van der Waals surface area contributed by atoms with E-state index in [4.69, 9.17) is 4.74 Å². The quantitative estimate of drug-likeness (QED) is 0.341. The molecule has 4 rings (SSSR count). The third-order valence-corrected chi connectivity index (χ3v) is 4.98. The van der Waals surface area contributed by atoms with Gasteiger partial charge in [-0.1, -0.05) is 18.2 Å². The summed E-state index contributed by atoms with van der Waals surface area (Å²) >= 11 is 0. The fourth-order valence-electron chi connectivity index (χ4n) is 3.38. The second-order valence-corrected chi connectivity index (χ2v) is 6.89. The van der Waals surface area contributed by atoms with Crippen molar-refractivity contribution in [3.8, 4) is 5.82 Å². The second-order valence-electron chi connectivity index (χ2n) is 6.89. The average molecular weight is 404 g/mol. The van der Waals surface area contributed by atoms with Crippen LogP contribution in [0.4, 0.5) is 0 Å². The van der Waals surface area contributed by atoms with Crippen LogP contribution in [0.15, 0.2) is 54.9 Å². The van der Waals surface area contributed by atoms with Gasteiger partial charge in [-0.05, 0) is 44.0 Å². The maximum absolute atomic E-state index is 12.4. The fraction of sp³-hybridized carbons (Fsp3) is 0.227. The van der Waals surface area contributed by atoms with Gasteiger partial charge in [0.05, 0.1) is 29.6 Å². The minimum atomic E-state index is -0.463. The number of carbonyl (C=O) groups is 3. The molecule has 8 nitrogen and oxygen atoms in total. The molecule has 0 aliphatic carbocycles. The normalized spacial score (nSPS) is 12.9. The number of ether oxygens (including phenoxy) is 1. The van der Waals surface area contributed by atoms with E-state index in [9.17, 15) is 14.4 Å². The Bertz CT molecular complexity index is 1070. The highest BCUT2D eigenvalue weighted by molar-refractivity contribution is 6.21. The summed E-state index contributed by atoms with van der Waals surface area (Å²) in [5.74, 6) is -0.388. The number of hydrogen-bond donors (Lipinski definition) is 0. The van der Waals surface area contributed by atoms with Gasteiger partial charge in [0.15, 0.2) is 5.82 Å². The van der Waals surface area contributed by atoms with E-state index in [0.29, 0.717) is 47.6 Å². The largest absolute Gasteiger partial charge is 0.462 e. The molecule has 0 spiro atoms. The topological polar surface area (TPSA) is 94.4 Å². The van der Waals surface area contributed by atoms with Crippen molar-refractivity contribution >= 4 is 17.8 Å². The van der Waals surface area contributed by atoms with Gasteiger partial charge >= 0.3 is 5.97 Å². The van der Waals surface area contributed by atoms with E-state index in [2.05, 4.69) is 10.1 Å². The summed E-state index contributed by atoms with van der Waals surface area (Å²) in [7, 11) is 0. The van der Waals surface area contributed by atoms with Crippen molar-refractivity contribution in [1.29, 1.82) is 0 Å². The zero-order valence-electron chi connectivity index (χ0n) is 16.4. The molecule has 0 fully saturated rings. The van der Waals surface area contributed by atoms with Crippen LogP contribution in [0.2, 0.25) is 0 Å². The summed E-state index contributed by atoms with van der Waals surface area (Å²) in [5, 5.41) is 4.21. The highest BCUT2D eigenvalue weighted by Crippen LogP contribution is 2.22. The predicted octanol–water partition coefficient (Wildman–Crippen LogP) is 2.81. The second kappa shape index (κ2) is 8.28. The predicted molar refractivity (Wildman–Crippen MR) is 107 cm³/mol. The highest BCUT2D eigenvalue weighted by atomic mass is 16.5. The van der Waals surface area contributed by atoms with E-state index in [0.717, 1.165) is 0 Å². The maximum Gasteiger partial charge on any atom is 0.341 e. The maximum atomic E-state index is 12.4. The van der Waals surface area contributed by atoms with Crippen molar-refractivity contribution in [3.63, 3.8) is 0 Å². The van der Waals surface area contributed by atoms with E-state index in [-0.39, 0.29) is 18.4 Å². The summed E-state index contributed by atoms with van der Waals surface area (Å²) in [6.07, 6.45) is 4.20. The van der Waals surface area contributed by atoms with Crippen LogP contribution in [0.25, 0.3) is 5.82 Å². The molecule has 0 atom stereocenters. The van der Waals surface area contributed by atoms with Crippen molar-refractivity contribution in [1.82, 2.24) is 19.7 Å². The molecule has 0 N–H and O–H groups in total. The molecule has 8 heteroatoms. The van der Waals surface area contributed by atoms with Crippen molar-refractivity contribution in [2.45, 2.75) is 19.8 Å². The van der Waals surface area contributed by atoms with Crippen LogP contribution in [0, 0.1) is 6.92 Å². The Morgan fingerprint density at radius 1 is 1.00 bits per heavy atom. The first-order chi connectivity index (χ1) is 14.6. The van der Waals surface area contributed by atoms with Gasteiger partial charge in [0, 0.05) is 12.7 Å². The number of hydrogen-bond acceptors (Lipinski definition) is 6. The number of esters is 1. The molecule has 2 aromatic heterocycles. The van der Waals surface area contributed by atoms with Gasteiger partial charge in [0.25, 0.3) is 11.8 Å². The third kappa shape index (κ3) is 3.59. The van der Waals surface area contributed by atoms with Crippen molar-refractivity contribution in [2.24, 2.45) is 0 Å². The van der Waals surface area contributed by atoms with Crippen LogP contribution in [-0.4, -0.2) is 50.6 Å². The van der Waals surface area contributed by atoms with Gasteiger partial charge in [-0.2, -0.15) is 5.10 Å². The summed E-state index contributed by atoms with van der Waals surface area (Å²) in [4.78, 5) is 42.5. The molecule has 3 aromatic rings. The molecule has 2 amide bonds. The first-order valence-corrected chi connectivity index (χ1v) is 9.66. The first kappa shape index (κ1) is 19.5. The highest BCUT2D eigenvalue weighted by Gasteiger charge is 2.34. The number of rotatable bonds is 7. The van der Waals surface area contributed by atoms with Gasteiger partial charge in [-0.15, -0.1) is 0 Å². The summed E-state index contributed by atoms with van der Waals surface area (Å²) in [6, 6.07) is 12.2. The molecule has 0 radical (unpaired) electrons. The Morgan fingerprint density at radius 2 is 1.70 bits per heavy atom. The molecule has 0 saturated heterocycles. The number of fused-ring (bicyclic) bond motifs is 1. The van der Waals surface area contributed by atoms with Gasteiger partial charge in [0.2, 0.25) is 0 Å². The molecule has 0 bridgehead atoms. The van der Waals surface area contributed by atoms with E-state index in [1.807, 2.05) is 6.07 Å². The van der Waals surface area contributed by atoms with Crippen LogP contribution in [0.5, 0.6) is 0 Å². The van der Waals surface area contributed by atoms with E-state index in [1.54, 1.807) is 54.2 Å². The lowest BCUT2D eigenvalue weighted by molar-refractivity contribution is 0.0484. The molecular weight excluding hydrogens is 384 g/mol. The standard InChI is InChI=1S/C22H20N4O4/c1-15-18(14-24-26(15)19-10-4-5-11-23-19)22(29)30-13-7-6-12-25-20(27)16-8-2-3-9-17(16)21(25)28/h2-5,8-11,14H,6-7,12-13H2,1H3. The molecule has 152 valence electrons. The lowest BCUT2D eigenvalue weighted by Gasteiger charge is -2.13. The van der Waals surface area contributed by atoms with E-state index >= 15 is 0 Å². The molecule has 1 aliphatic rings. The van der Waals surface area contributed by atoms with Crippen LogP contribution < -0.4 is 0 Å². The Labute approximate surface area is 173 Å². The fourth-order valence-corrected chi connectivity index (χ4v) is 3.38. The minimum Gasteiger partial charge on any atom is -0.462 e. The third-order valence-electron chi connectivity index (χ3n) is 4.98. The van der Waals surface area contributed by atoms with Gasteiger partial charge in [-0.25, -0.2) is 14.5 Å². The smallest absolute Gasteiger partial charge is 0.341 e.